The number of rotatable bonds is 17. The summed E-state index contributed by atoms with van der Waals surface area (Å²) in [5, 5.41) is 0. The van der Waals surface area contributed by atoms with Gasteiger partial charge in [0, 0.05) is 36.8 Å². The lowest BCUT2D eigenvalue weighted by Crippen LogP contribution is -2.33. The largest absolute Gasteiger partial charge is 0.461 e. The van der Waals surface area contributed by atoms with Crippen molar-refractivity contribution >= 4 is 17.5 Å². The van der Waals surface area contributed by atoms with Gasteiger partial charge in [-0.05, 0) is 59.4 Å². The number of aliphatic imine (C=N–C) groups is 1. The van der Waals surface area contributed by atoms with Crippen LogP contribution in [0.15, 0.2) is 95.2 Å². The minimum atomic E-state index is -0.469. The van der Waals surface area contributed by atoms with E-state index in [1.165, 1.54) is 18.1 Å². The molecule has 0 saturated carbocycles. The average Bonchev–Trinajstić information content (AvgIpc) is 3.39. The van der Waals surface area contributed by atoms with Crippen LogP contribution < -0.4 is 0 Å². The zero-order valence-corrected chi connectivity index (χ0v) is 37.6. The van der Waals surface area contributed by atoms with E-state index >= 15 is 0 Å². The van der Waals surface area contributed by atoms with Crippen LogP contribution in [0.25, 0.3) is 11.1 Å². The number of allylic oxidation sites excluding steroid dienone is 4. The first kappa shape index (κ1) is 53.5. The average molecular weight is 762 g/mol. The molecular weight excluding hydrogens is 683 g/mol. The minimum absolute atomic E-state index is 0.00630. The van der Waals surface area contributed by atoms with Crippen molar-refractivity contribution in [1.82, 2.24) is 0 Å². The number of ketones is 1. The van der Waals surface area contributed by atoms with E-state index in [-0.39, 0.29) is 42.0 Å². The van der Waals surface area contributed by atoms with Gasteiger partial charge < -0.3 is 19.0 Å². The van der Waals surface area contributed by atoms with Crippen molar-refractivity contribution in [3.8, 4) is 11.1 Å². The molecule has 0 saturated heterocycles. The van der Waals surface area contributed by atoms with Gasteiger partial charge in [-0.1, -0.05) is 170 Å². The smallest absolute Gasteiger partial charge is 0.309 e. The van der Waals surface area contributed by atoms with Gasteiger partial charge in [-0.15, -0.1) is 0 Å². The van der Waals surface area contributed by atoms with Crippen molar-refractivity contribution in [3.05, 3.63) is 95.7 Å². The quantitative estimate of drug-likeness (QED) is 0.119. The Balaban J connectivity index is 0. The summed E-state index contributed by atoms with van der Waals surface area (Å²) in [4.78, 5) is 29.2. The maximum Gasteiger partial charge on any atom is 0.309 e. The highest BCUT2D eigenvalue weighted by Crippen LogP contribution is 2.34. The van der Waals surface area contributed by atoms with Gasteiger partial charge in [0.15, 0.2) is 0 Å². The summed E-state index contributed by atoms with van der Waals surface area (Å²) >= 11 is 0. The van der Waals surface area contributed by atoms with Gasteiger partial charge in [0.1, 0.15) is 12.4 Å². The molecule has 0 fully saturated rings. The van der Waals surface area contributed by atoms with Crippen LogP contribution >= 0.6 is 0 Å². The molecule has 0 N–H and O–H groups in total. The number of ether oxygens (including phenoxy) is 3. The molecule has 310 valence electrons. The highest BCUT2D eigenvalue weighted by molar-refractivity contribution is 5.93. The minimum Gasteiger partial charge on any atom is -0.461 e. The van der Waals surface area contributed by atoms with Gasteiger partial charge in [-0.3, -0.25) is 9.79 Å². The summed E-state index contributed by atoms with van der Waals surface area (Å²) in [5.41, 5.74) is 6.79. The zero-order valence-electron chi connectivity index (χ0n) is 37.6. The second-order valence-corrected chi connectivity index (χ2v) is 13.1. The van der Waals surface area contributed by atoms with Gasteiger partial charge in [0.25, 0.3) is 0 Å². The summed E-state index contributed by atoms with van der Waals surface area (Å²) in [7, 11) is 0. The number of fused-ring (bicyclic) bond motifs is 2. The van der Waals surface area contributed by atoms with E-state index in [9.17, 15) is 9.59 Å². The van der Waals surface area contributed by atoms with Crippen LogP contribution in [0.5, 0.6) is 0 Å². The monoisotopic (exact) mass is 762 g/mol. The Bertz CT molecular complexity index is 1420. The third-order valence-electron chi connectivity index (χ3n) is 8.78. The lowest BCUT2D eigenvalue weighted by atomic mass is 9.80. The van der Waals surface area contributed by atoms with Crippen LogP contribution in [0.3, 0.4) is 0 Å². The Labute approximate surface area is 337 Å². The fourth-order valence-corrected chi connectivity index (χ4v) is 5.68. The highest BCUT2D eigenvalue weighted by Gasteiger charge is 2.32. The molecule has 2 bridgehead atoms. The molecule has 0 spiro atoms. The van der Waals surface area contributed by atoms with E-state index in [4.69, 9.17) is 19.2 Å². The van der Waals surface area contributed by atoms with E-state index in [0.29, 0.717) is 26.4 Å². The van der Waals surface area contributed by atoms with Gasteiger partial charge in [0.05, 0.1) is 25.7 Å². The molecule has 2 aromatic rings. The first-order chi connectivity index (χ1) is 26.7. The maximum absolute atomic E-state index is 12.7. The van der Waals surface area contributed by atoms with Crippen molar-refractivity contribution in [1.29, 1.82) is 0 Å². The van der Waals surface area contributed by atoms with Crippen LogP contribution in [0, 0.1) is 23.2 Å². The normalized spacial score (nSPS) is 14.8. The number of carbonyl (C=O) groups excluding carboxylic acids is 2. The number of benzene rings is 2. The van der Waals surface area contributed by atoms with Gasteiger partial charge >= 0.3 is 5.97 Å². The summed E-state index contributed by atoms with van der Waals surface area (Å²) < 4.78 is 18.4. The number of Topliss-reactive ketones (excluding diaryl/α,β-unsaturated/α-hetero) is 1. The molecule has 2 aliphatic rings. The molecule has 3 atom stereocenters. The molecule has 0 aromatic heterocycles. The SMILES string of the molecule is CC.CC.CC.CC.CC.CCC(C)(C)COCC[C@H](COCc1ccccc1-c1ccccc1)C1=NC=C2C=CC=C(COC(=O)C(C)CC(C)=O)C1C2. The third kappa shape index (κ3) is 20.2. The summed E-state index contributed by atoms with van der Waals surface area (Å²) in [6.07, 6.45) is 10.9. The molecule has 4 rings (SSSR count). The second kappa shape index (κ2) is 32.6. The molecule has 6 heteroatoms. The van der Waals surface area contributed by atoms with Crippen LogP contribution in [0.4, 0.5) is 0 Å². The third-order valence-corrected chi connectivity index (χ3v) is 8.78. The predicted molar refractivity (Wildman–Crippen MR) is 238 cm³/mol. The van der Waals surface area contributed by atoms with Gasteiger partial charge in [-0.2, -0.15) is 0 Å². The Morgan fingerprint density at radius 3 is 2.09 bits per heavy atom. The van der Waals surface area contributed by atoms with E-state index < -0.39 is 5.92 Å². The number of hydrogen-bond donors (Lipinski definition) is 0. The molecule has 0 radical (unpaired) electrons. The summed E-state index contributed by atoms with van der Waals surface area (Å²) in [6.45, 7) is 32.3. The fourth-order valence-electron chi connectivity index (χ4n) is 5.68. The Kier molecular flexibility index (Phi) is 31.7. The highest BCUT2D eigenvalue weighted by atomic mass is 16.5. The molecule has 2 aromatic carbocycles. The molecule has 55 heavy (non-hydrogen) atoms. The molecule has 0 amide bonds. The van der Waals surface area contributed by atoms with Crippen LogP contribution in [0.1, 0.15) is 135 Å². The second-order valence-electron chi connectivity index (χ2n) is 13.1. The number of esters is 1. The van der Waals surface area contributed by atoms with Gasteiger partial charge in [0.2, 0.25) is 0 Å². The van der Waals surface area contributed by atoms with Crippen molar-refractivity contribution in [2.45, 2.75) is 136 Å². The topological polar surface area (TPSA) is 74.2 Å². The molecular formula is C49H79NO5. The van der Waals surface area contributed by atoms with E-state index in [1.807, 2.05) is 93.7 Å². The van der Waals surface area contributed by atoms with Crippen LogP contribution in [0.2, 0.25) is 0 Å². The number of hydrogen-bond acceptors (Lipinski definition) is 6. The fraction of sp³-hybridized carbons (Fsp3) is 0.571. The van der Waals surface area contributed by atoms with Crippen LogP contribution in [-0.2, 0) is 30.4 Å². The number of carbonyl (C=O) groups is 2. The zero-order chi connectivity index (χ0) is 42.2. The lowest BCUT2D eigenvalue weighted by molar-refractivity contribution is -0.148. The van der Waals surface area contributed by atoms with E-state index in [1.54, 1.807) is 6.92 Å². The molecule has 1 aliphatic carbocycles. The summed E-state index contributed by atoms with van der Waals surface area (Å²) in [6, 6.07) is 18.8. The molecule has 2 unspecified atom stereocenters. The van der Waals surface area contributed by atoms with E-state index in [2.05, 4.69) is 75.4 Å². The maximum atomic E-state index is 12.7. The number of nitrogens with zero attached hydrogens (tertiary/aromatic N) is 1. The lowest BCUT2D eigenvalue weighted by Gasteiger charge is -2.30. The Morgan fingerprint density at radius 1 is 0.855 bits per heavy atom. The standard InChI is InChI=1S/C39H49NO5.5C2H6/c1-6-39(4,5)27-43-20-19-34(25-44-24-32-16-10-11-18-35(32)31-14-8-7-9-15-31)37-36-22-30(23-40-37)13-12-17-33(36)26-45-38(42)28(2)21-29(3)41;5*1-2/h7-18,23,28,34,36H,6,19-22,24-27H2,1-5H3;5*1-2H3/t28?,34-,36?;;;;;/m1...../s1. The van der Waals surface area contributed by atoms with Crippen molar-refractivity contribution < 1.29 is 23.8 Å². The first-order valence-electron chi connectivity index (χ1n) is 21.3. The Morgan fingerprint density at radius 2 is 1.47 bits per heavy atom. The predicted octanol–water partition coefficient (Wildman–Crippen LogP) is 13.5. The van der Waals surface area contributed by atoms with Crippen molar-refractivity contribution in [3.63, 3.8) is 0 Å². The van der Waals surface area contributed by atoms with Gasteiger partial charge in [-0.25, -0.2) is 0 Å². The molecule has 1 heterocycles. The first-order valence-corrected chi connectivity index (χ1v) is 21.3. The Hall–Kier alpha value is -3.61. The van der Waals surface area contributed by atoms with Crippen LogP contribution in [-0.4, -0.2) is 43.9 Å². The van der Waals surface area contributed by atoms with E-state index in [0.717, 1.165) is 41.7 Å². The summed E-state index contributed by atoms with van der Waals surface area (Å²) in [5.74, 6) is -0.827. The van der Waals surface area contributed by atoms with Crippen molar-refractivity contribution in [2.24, 2.45) is 28.2 Å². The molecule has 6 nitrogen and oxygen atoms in total. The molecule has 1 aliphatic heterocycles. The van der Waals surface area contributed by atoms with Crippen molar-refractivity contribution in [2.75, 3.05) is 26.4 Å².